The average molecular weight is 297 g/mol. The van der Waals surface area contributed by atoms with E-state index < -0.39 is 0 Å². The van der Waals surface area contributed by atoms with Crippen molar-refractivity contribution in [2.45, 2.75) is 25.9 Å². The molecule has 0 bridgehead atoms. The molecule has 2 N–H and O–H groups in total. The van der Waals surface area contributed by atoms with Gasteiger partial charge in [-0.3, -0.25) is 0 Å². The number of aromatic hydroxyl groups is 1. The van der Waals surface area contributed by atoms with Crippen LogP contribution in [0.25, 0.3) is 0 Å². The summed E-state index contributed by atoms with van der Waals surface area (Å²) < 4.78 is 0. The Morgan fingerprint density at radius 3 is 2.86 bits per heavy atom. The minimum Gasteiger partial charge on any atom is -0.508 e. The maximum atomic E-state index is 9.53. The molecule has 4 rings (SSSR count). The van der Waals surface area contributed by atoms with Crippen molar-refractivity contribution in [3.05, 3.63) is 58.1 Å². The topological polar surface area (TPSA) is 50.7 Å². The summed E-state index contributed by atoms with van der Waals surface area (Å²) in [6.45, 7) is 4.49. The molecule has 1 unspecified atom stereocenters. The van der Waals surface area contributed by atoms with Crippen LogP contribution >= 0.6 is 0 Å². The van der Waals surface area contributed by atoms with Gasteiger partial charge in [0.15, 0.2) is 5.75 Å². The van der Waals surface area contributed by atoms with Crippen LogP contribution < -0.4 is 10.2 Å². The van der Waals surface area contributed by atoms with E-state index in [1.165, 1.54) is 22.3 Å². The maximum Gasteiger partial charge on any atom is 0.174 e. The number of phenolic OH excluding ortho intramolecular Hbond substituents is 1. The second kappa shape index (κ2) is 5.30. The number of phenols is 1. The molecule has 0 saturated carbocycles. The molecule has 0 spiro atoms. The molecule has 2 aromatic carbocycles. The zero-order valence-electron chi connectivity index (χ0n) is 12.6. The molecule has 0 radical (unpaired) electrons. The zero-order chi connectivity index (χ0) is 15.1. The smallest absolute Gasteiger partial charge is 0.174 e. The van der Waals surface area contributed by atoms with Gasteiger partial charge in [0.05, 0.1) is 0 Å². The van der Waals surface area contributed by atoms with Crippen LogP contribution in [-0.4, -0.2) is 18.2 Å². The third-order valence-electron chi connectivity index (χ3n) is 4.69. The van der Waals surface area contributed by atoms with Crippen LogP contribution in [0.3, 0.4) is 0 Å². The van der Waals surface area contributed by atoms with Crippen LogP contribution in [-0.2, 0) is 17.9 Å². The first-order valence-electron chi connectivity index (χ1n) is 7.68. The van der Waals surface area contributed by atoms with Gasteiger partial charge in [-0.25, -0.2) is 0 Å². The van der Waals surface area contributed by atoms with Gasteiger partial charge in [-0.15, -0.1) is 0 Å². The lowest BCUT2D eigenvalue weighted by molar-refractivity contribution is -0.194. The maximum absolute atomic E-state index is 9.53. The van der Waals surface area contributed by atoms with Gasteiger partial charge in [0.2, 0.25) is 0 Å². The first-order valence-corrected chi connectivity index (χ1v) is 7.68. The van der Waals surface area contributed by atoms with Gasteiger partial charge in [-0.05, 0) is 60.3 Å². The van der Waals surface area contributed by atoms with Crippen molar-refractivity contribution in [2.75, 3.05) is 13.1 Å². The highest BCUT2D eigenvalue weighted by atomic mass is 17.2. The summed E-state index contributed by atoms with van der Waals surface area (Å²) in [6.07, 6.45) is 0.992. The van der Waals surface area contributed by atoms with E-state index in [0.29, 0.717) is 12.4 Å². The summed E-state index contributed by atoms with van der Waals surface area (Å²) in [5.41, 5.74) is 6.24. The van der Waals surface area contributed by atoms with Gasteiger partial charge in [0.25, 0.3) is 0 Å². The molecule has 2 heterocycles. The van der Waals surface area contributed by atoms with Gasteiger partial charge < -0.3 is 15.3 Å². The van der Waals surface area contributed by atoms with E-state index >= 15 is 0 Å². The SMILES string of the molecule is Cc1c2c(cc3c1OOC3)C(c1ccc(O)cc1)CNCC2. The molecule has 0 aromatic heterocycles. The second-order valence-electron chi connectivity index (χ2n) is 6.00. The lowest BCUT2D eigenvalue weighted by Gasteiger charge is -2.20. The quantitative estimate of drug-likeness (QED) is 0.795. The molecule has 114 valence electrons. The minimum atomic E-state index is 0.280. The molecule has 22 heavy (non-hydrogen) atoms. The van der Waals surface area contributed by atoms with Gasteiger partial charge in [0.1, 0.15) is 12.4 Å². The molecule has 4 heteroatoms. The molecular weight excluding hydrogens is 278 g/mol. The number of fused-ring (bicyclic) bond motifs is 2. The largest absolute Gasteiger partial charge is 0.508 e. The second-order valence-corrected chi connectivity index (χ2v) is 6.00. The Bertz CT molecular complexity index is 709. The van der Waals surface area contributed by atoms with E-state index in [-0.39, 0.29) is 5.92 Å². The lowest BCUT2D eigenvalue weighted by atomic mass is 9.84. The Morgan fingerprint density at radius 1 is 1.23 bits per heavy atom. The van der Waals surface area contributed by atoms with Gasteiger partial charge >= 0.3 is 0 Å². The van der Waals surface area contributed by atoms with Crippen molar-refractivity contribution in [1.29, 1.82) is 0 Å². The molecule has 1 atom stereocenters. The van der Waals surface area contributed by atoms with E-state index in [2.05, 4.69) is 18.3 Å². The summed E-state index contributed by atoms with van der Waals surface area (Å²) in [7, 11) is 0. The lowest BCUT2D eigenvalue weighted by Crippen LogP contribution is -2.20. The summed E-state index contributed by atoms with van der Waals surface area (Å²) >= 11 is 0. The average Bonchev–Trinajstić information content (AvgIpc) is 2.89. The molecule has 2 aliphatic heterocycles. The number of benzene rings is 2. The van der Waals surface area contributed by atoms with Crippen LogP contribution in [0, 0.1) is 6.92 Å². The van der Waals surface area contributed by atoms with Crippen LogP contribution in [0.5, 0.6) is 11.5 Å². The molecule has 2 aliphatic rings. The van der Waals surface area contributed by atoms with Crippen molar-refractivity contribution in [3.8, 4) is 11.5 Å². The number of rotatable bonds is 1. The normalized spacial score (nSPS) is 20.0. The summed E-state index contributed by atoms with van der Waals surface area (Å²) in [5.74, 6) is 1.48. The fourth-order valence-corrected chi connectivity index (χ4v) is 3.53. The summed E-state index contributed by atoms with van der Waals surface area (Å²) in [6, 6.07) is 9.76. The molecule has 0 fully saturated rings. The van der Waals surface area contributed by atoms with Crippen molar-refractivity contribution >= 4 is 0 Å². The highest BCUT2D eigenvalue weighted by Crippen LogP contribution is 2.39. The van der Waals surface area contributed by atoms with E-state index in [4.69, 9.17) is 9.78 Å². The van der Waals surface area contributed by atoms with Crippen LogP contribution in [0.2, 0.25) is 0 Å². The zero-order valence-corrected chi connectivity index (χ0v) is 12.6. The molecule has 4 nitrogen and oxygen atoms in total. The monoisotopic (exact) mass is 297 g/mol. The van der Waals surface area contributed by atoms with Crippen molar-refractivity contribution < 1.29 is 14.9 Å². The molecular formula is C18H19NO3. The molecule has 0 saturated heterocycles. The Labute approximate surface area is 129 Å². The van der Waals surface area contributed by atoms with Gasteiger partial charge in [0, 0.05) is 18.0 Å². The predicted molar refractivity (Wildman–Crippen MR) is 83.1 cm³/mol. The van der Waals surface area contributed by atoms with Gasteiger partial charge in [-0.2, -0.15) is 4.89 Å². The van der Waals surface area contributed by atoms with E-state index in [9.17, 15) is 5.11 Å². The third-order valence-corrected chi connectivity index (χ3v) is 4.69. The van der Waals surface area contributed by atoms with Crippen LogP contribution in [0.4, 0.5) is 0 Å². The van der Waals surface area contributed by atoms with Crippen LogP contribution in [0.1, 0.15) is 33.7 Å². The standard InChI is InChI=1S/C18H19NO3/c1-11-15-6-7-19-9-17(12-2-4-14(20)5-3-12)16(15)8-13-10-21-22-18(11)13/h2-5,8,17,19-20H,6-7,9-10H2,1H3. The number of nitrogens with one attached hydrogen (secondary N) is 1. The molecule has 2 aromatic rings. The predicted octanol–water partition coefficient (Wildman–Crippen LogP) is 2.80. The Balaban J connectivity index is 1.86. The number of hydrogen-bond donors (Lipinski definition) is 2. The van der Waals surface area contributed by atoms with E-state index in [0.717, 1.165) is 30.8 Å². The van der Waals surface area contributed by atoms with E-state index in [1.54, 1.807) is 12.1 Å². The van der Waals surface area contributed by atoms with Crippen molar-refractivity contribution in [2.24, 2.45) is 0 Å². The van der Waals surface area contributed by atoms with Crippen molar-refractivity contribution in [3.63, 3.8) is 0 Å². The highest BCUT2D eigenvalue weighted by Gasteiger charge is 2.27. The molecule has 0 aliphatic carbocycles. The Kier molecular flexibility index (Phi) is 3.28. The Hall–Kier alpha value is -2.04. The van der Waals surface area contributed by atoms with Crippen LogP contribution in [0.15, 0.2) is 30.3 Å². The summed E-state index contributed by atoms with van der Waals surface area (Å²) in [4.78, 5) is 10.5. The van der Waals surface area contributed by atoms with Crippen molar-refractivity contribution in [1.82, 2.24) is 5.32 Å². The molecule has 0 amide bonds. The fourth-order valence-electron chi connectivity index (χ4n) is 3.53. The minimum absolute atomic E-state index is 0.280. The first kappa shape index (κ1) is 13.6. The number of hydrogen-bond acceptors (Lipinski definition) is 4. The Morgan fingerprint density at radius 2 is 2.05 bits per heavy atom. The van der Waals surface area contributed by atoms with E-state index in [1.807, 2.05) is 12.1 Å². The van der Waals surface area contributed by atoms with Gasteiger partial charge in [-0.1, -0.05) is 12.1 Å². The fraction of sp³-hybridized carbons (Fsp3) is 0.333. The summed E-state index contributed by atoms with van der Waals surface area (Å²) in [5, 5.41) is 13.1. The highest BCUT2D eigenvalue weighted by molar-refractivity contribution is 5.54. The third kappa shape index (κ3) is 2.16. The first-order chi connectivity index (χ1) is 10.7.